The van der Waals surface area contributed by atoms with Crippen LogP contribution < -0.4 is 4.90 Å². The van der Waals surface area contributed by atoms with Gasteiger partial charge in [0.1, 0.15) is 0 Å². The van der Waals surface area contributed by atoms with Gasteiger partial charge in [-0.05, 0) is 31.2 Å². The summed E-state index contributed by atoms with van der Waals surface area (Å²) in [6.07, 6.45) is 3.33. The molecule has 4 atom stereocenters. The van der Waals surface area contributed by atoms with Crippen molar-refractivity contribution in [1.82, 2.24) is 0 Å². The summed E-state index contributed by atoms with van der Waals surface area (Å²) in [6, 6.07) is 5.74. The Bertz CT molecular complexity index is 737. The van der Waals surface area contributed by atoms with Crippen LogP contribution in [0.25, 0.3) is 0 Å². The van der Waals surface area contributed by atoms with Crippen LogP contribution >= 0.6 is 0 Å². The van der Waals surface area contributed by atoms with E-state index in [4.69, 9.17) is 9.84 Å². The van der Waals surface area contributed by atoms with Gasteiger partial charge in [-0.1, -0.05) is 12.2 Å². The van der Waals surface area contributed by atoms with E-state index in [0.717, 1.165) is 4.90 Å². The van der Waals surface area contributed by atoms with Gasteiger partial charge in [0.2, 0.25) is 11.8 Å². The monoisotopic (exact) mass is 299 g/mol. The Kier molecular flexibility index (Phi) is 2.43. The van der Waals surface area contributed by atoms with Crippen molar-refractivity contribution in [3.8, 4) is 0 Å². The molecule has 2 bridgehead atoms. The molecule has 1 aromatic rings. The molecule has 2 saturated heterocycles. The first-order chi connectivity index (χ1) is 10.4. The number of rotatable bonds is 2. The number of anilines is 1. The fourth-order valence-electron chi connectivity index (χ4n) is 3.66. The molecule has 0 spiro atoms. The number of hydrogen-bond donors (Lipinski definition) is 1. The number of nitrogens with zero attached hydrogens (tertiary/aromatic N) is 1. The molecule has 22 heavy (non-hydrogen) atoms. The molecular formula is C16H13NO5. The minimum Gasteiger partial charge on any atom is -0.478 e. The number of aromatic carboxylic acids is 1. The smallest absolute Gasteiger partial charge is 0.335 e. The average Bonchev–Trinajstić information content (AvgIpc) is 3.08. The van der Waals surface area contributed by atoms with E-state index in [1.54, 1.807) is 0 Å². The molecule has 1 aromatic carbocycles. The van der Waals surface area contributed by atoms with E-state index < -0.39 is 23.4 Å². The third kappa shape index (κ3) is 1.50. The number of carbonyl (C=O) groups excluding carboxylic acids is 2. The molecule has 0 unspecified atom stereocenters. The largest absolute Gasteiger partial charge is 0.478 e. The predicted octanol–water partition coefficient (Wildman–Crippen LogP) is 1.22. The van der Waals surface area contributed by atoms with Crippen LogP contribution in [0.3, 0.4) is 0 Å². The van der Waals surface area contributed by atoms with E-state index in [2.05, 4.69) is 0 Å². The summed E-state index contributed by atoms with van der Waals surface area (Å²) in [5, 5.41) is 8.92. The number of carboxylic acid groups (broad SMARTS) is 1. The average molecular weight is 299 g/mol. The Morgan fingerprint density at radius 2 is 1.91 bits per heavy atom. The van der Waals surface area contributed by atoms with Gasteiger partial charge in [0, 0.05) is 0 Å². The number of ether oxygens (including phenoxy) is 1. The molecule has 112 valence electrons. The van der Waals surface area contributed by atoms with Gasteiger partial charge in [0.05, 0.1) is 34.8 Å². The number of carboxylic acids is 1. The summed E-state index contributed by atoms with van der Waals surface area (Å²) in [6.45, 7) is 1.82. The zero-order valence-electron chi connectivity index (χ0n) is 11.7. The topological polar surface area (TPSA) is 83.9 Å². The molecule has 3 heterocycles. The van der Waals surface area contributed by atoms with Crippen LogP contribution in [0.2, 0.25) is 0 Å². The highest BCUT2D eigenvalue weighted by Crippen LogP contribution is 2.52. The van der Waals surface area contributed by atoms with Crippen LogP contribution in [0.4, 0.5) is 5.69 Å². The Morgan fingerprint density at radius 3 is 2.50 bits per heavy atom. The molecule has 2 fully saturated rings. The lowest BCUT2D eigenvalue weighted by atomic mass is 9.78. The number of benzene rings is 1. The van der Waals surface area contributed by atoms with Crippen molar-refractivity contribution in [2.24, 2.45) is 11.8 Å². The zero-order chi connectivity index (χ0) is 15.6. The first-order valence-corrected chi connectivity index (χ1v) is 7.01. The number of carbonyl (C=O) groups is 3. The van der Waals surface area contributed by atoms with Crippen molar-refractivity contribution in [2.45, 2.75) is 18.6 Å². The van der Waals surface area contributed by atoms with Gasteiger partial charge < -0.3 is 9.84 Å². The zero-order valence-corrected chi connectivity index (χ0v) is 11.7. The Labute approximate surface area is 126 Å². The first-order valence-electron chi connectivity index (χ1n) is 7.01. The summed E-state index contributed by atoms with van der Waals surface area (Å²) in [4.78, 5) is 37.4. The minimum absolute atomic E-state index is 0.111. The number of imide groups is 1. The second kappa shape index (κ2) is 4.04. The highest BCUT2D eigenvalue weighted by atomic mass is 16.5. The lowest BCUT2D eigenvalue weighted by Crippen LogP contribution is -2.38. The van der Waals surface area contributed by atoms with E-state index >= 15 is 0 Å². The van der Waals surface area contributed by atoms with Crippen molar-refractivity contribution in [3.63, 3.8) is 0 Å². The van der Waals surface area contributed by atoms with E-state index in [-0.39, 0.29) is 23.5 Å². The lowest BCUT2D eigenvalue weighted by molar-refractivity contribution is -0.126. The van der Waals surface area contributed by atoms with Crippen LogP contribution in [-0.2, 0) is 14.3 Å². The predicted molar refractivity (Wildman–Crippen MR) is 75.3 cm³/mol. The quantitative estimate of drug-likeness (QED) is 0.655. The van der Waals surface area contributed by atoms with Gasteiger partial charge in [-0.25, -0.2) is 9.69 Å². The summed E-state index contributed by atoms with van der Waals surface area (Å²) >= 11 is 0. The van der Waals surface area contributed by atoms with Gasteiger partial charge >= 0.3 is 5.97 Å². The van der Waals surface area contributed by atoms with Crippen molar-refractivity contribution in [3.05, 3.63) is 42.0 Å². The molecule has 4 rings (SSSR count). The van der Waals surface area contributed by atoms with Gasteiger partial charge in [0.25, 0.3) is 0 Å². The molecule has 6 nitrogen and oxygen atoms in total. The molecule has 2 amide bonds. The second-order valence-electron chi connectivity index (χ2n) is 5.99. The van der Waals surface area contributed by atoms with Gasteiger partial charge in [-0.2, -0.15) is 0 Å². The maximum atomic E-state index is 12.7. The molecule has 1 N–H and O–H groups in total. The molecule has 0 aromatic heterocycles. The normalized spacial score (nSPS) is 35.3. The van der Waals surface area contributed by atoms with Crippen molar-refractivity contribution in [1.29, 1.82) is 0 Å². The molecule has 0 saturated carbocycles. The molecular weight excluding hydrogens is 286 g/mol. The van der Waals surface area contributed by atoms with Gasteiger partial charge in [-0.15, -0.1) is 0 Å². The Hall–Kier alpha value is -2.47. The van der Waals surface area contributed by atoms with Crippen LogP contribution in [0.1, 0.15) is 17.3 Å². The maximum Gasteiger partial charge on any atom is 0.335 e. The third-order valence-electron chi connectivity index (χ3n) is 4.70. The van der Waals surface area contributed by atoms with E-state index in [1.807, 2.05) is 19.1 Å². The van der Waals surface area contributed by atoms with Crippen LogP contribution in [0.5, 0.6) is 0 Å². The molecule has 3 aliphatic rings. The SMILES string of the molecule is C[C@@]12C=C[C@@H](O1)[C@H]1C(=O)N(c3ccc(C(=O)O)cc3)C(=O)[C@@H]12. The highest BCUT2D eigenvalue weighted by Gasteiger charge is 2.65. The summed E-state index contributed by atoms with van der Waals surface area (Å²) in [5.41, 5.74) is -0.213. The fourth-order valence-corrected chi connectivity index (χ4v) is 3.66. The van der Waals surface area contributed by atoms with Gasteiger partial charge in [-0.3, -0.25) is 9.59 Å². The van der Waals surface area contributed by atoms with E-state index in [1.165, 1.54) is 24.3 Å². The first kappa shape index (κ1) is 13.2. The maximum absolute atomic E-state index is 12.7. The molecule has 3 aliphatic heterocycles. The van der Waals surface area contributed by atoms with Crippen LogP contribution in [0, 0.1) is 11.8 Å². The van der Waals surface area contributed by atoms with Crippen LogP contribution in [-0.4, -0.2) is 34.6 Å². The molecule has 0 radical (unpaired) electrons. The van der Waals surface area contributed by atoms with Gasteiger partial charge in [0.15, 0.2) is 0 Å². The fraction of sp³-hybridized carbons (Fsp3) is 0.312. The number of fused-ring (bicyclic) bond motifs is 5. The summed E-state index contributed by atoms with van der Waals surface area (Å²) in [5.74, 6) is -2.61. The molecule has 6 heteroatoms. The van der Waals surface area contributed by atoms with E-state index in [9.17, 15) is 14.4 Å². The highest BCUT2D eigenvalue weighted by molar-refractivity contribution is 6.23. The Morgan fingerprint density at radius 1 is 1.23 bits per heavy atom. The molecule has 0 aliphatic carbocycles. The number of hydrogen-bond acceptors (Lipinski definition) is 4. The standard InChI is InChI=1S/C16H13NO5/c1-16-7-6-10(22-16)11-12(16)14(19)17(13(11)18)9-4-2-8(3-5-9)15(20)21/h2-7,10-12H,1H3,(H,20,21)/t10-,11-,12-,16+/m1/s1. The Balaban J connectivity index is 1.71. The minimum atomic E-state index is -1.05. The third-order valence-corrected chi connectivity index (χ3v) is 4.70. The van der Waals surface area contributed by atoms with Crippen LogP contribution in [0.15, 0.2) is 36.4 Å². The second-order valence-corrected chi connectivity index (χ2v) is 5.99. The van der Waals surface area contributed by atoms with E-state index in [0.29, 0.717) is 5.69 Å². The van der Waals surface area contributed by atoms with Crippen molar-refractivity contribution < 1.29 is 24.2 Å². The lowest BCUT2D eigenvalue weighted by Gasteiger charge is -2.24. The summed E-state index contributed by atoms with van der Waals surface area (Å²) < 4.78 is 5.75. The van der Waals surface area contributed by atoms with Crippen molar-refractivity contribution in [2.75, 3.05) is 4.90 Å². The number of amides is 2. The summed E-state index contributed by atoms with van der Waals surface area (Å²) in [7, 11) is 0. The van der Waals surface area contributed by atoms with Crippen molar-refractivity contribution >= 4 is 23.5 Å².